The maximum atomic E-state index is 6.61. The van der Waals surface area contributed by atoms with E-state index in [2.05, 4.69) is 15.0 Å². The molecular weight excluding hydrogens is 398 g/mol. The fraction of sp³-hybridized carbons (Fsp3) is 0.524. The van der Waals surface area contributed by atoms with Gasteiger partial charge in [-0.05, 0) is 26.2 Å². The number of aryl methyl sites for hydroxylation is 1. The van der Waals surface area contributed by atoms with Crippen LogP contribution in [0.2, 0.25) is 0 Å². The minimum atomic E-state index is 0.0388. The highest BCUT2D eigenvalue weighted by molar-refractivity contribution is 8.00. The molecule has 3 aromatic heterocycles. The quantitative estimate of drug-likeness (QED) is 0.599. The number of methoxy groups -OCH3 is 1. The molecule has 1 aliphatic carbocycles. The molecule has 9 heteroatoms. The summed E-state index contributed by atoms with van der Waals surface area (Å²) in [5.74, 6) is 1.93. The summed E-state index contributed by atoms with van der Waals surface area (Å²) < 4.78 is 7.44. The van der Waals surface area contributed by atoms with E-state index in [1.165, 1.54) is 12.8 Å². The van der Waals surface area contributed by atoms with E-state index in [-0.39, 0.29) is 12.0 Å². The van der Waals surface area contributed by atoms with Gasteiger partial charge in [0, 0.05) is 35.0 Å². The van der Waals surface area contributed by atoms with Crippen LogP contribution in [0.3, 0.4) is 0 Å². The number of nitrogens with two attached hydrogens (primary N) is 2. The third kappa shape index (κ3) is 3.39. The van der Waals surface area contributed by atoms with E-state index in [0.717, 1.165) is 63.1 Å². The first-order valence-electron chi connectivity index (χ1n) is 10.4. The number of nitrogen functional groups attached to an aromatic ring is 1. The Labute approximate surface area is 179 Å². The molecule has 4 heterocycles. The summed E-state index contributed by atoms with van der Waals surface area (Å²) in [6, 6.07) is 0.0388. The Hall–Kier alpha value is -2.39. The lowest BCUT2D eigenvalue weighted by atomic mass is 10.0. The maximum Gasteiger partial charge on any atom is 0.223 e. The summed E-state index contributed by atoms with van der Waals surface area (Å²) in [5, 5.41) is 7.13. The summed E-state index contributed by atoms with van der Waals surface area (Å²) in [5.41, 5.74) is 17.3. The molecule has 0 radical (unpaired) electrons. The Morgan fingerprint density at radius 2 is 2.07 bits per heavy atom. The minimum Gasteiger partial charge on any atom is -0.496 e. The monoisotopic (exact) mass is 425 g/mol. The van der Waals surface area contributed by atoms with Crippen molar-refractivity contribution >= 4 is 28.7 Å². The second-order valence-corrected chi connectivity index (χ2v) is 9.67. The van der Waals surface area contributed by atoms with Crippen LogP contribution in [0, 0.1) is 19.8 Å². The van der Waals surface area contributed by atoms with Crippen LogP contribution in [-0.2, 0) is 13.0 Å². The summed E-state index contributed by atoms with van der Waals surface area (Å²) >= 11 is 1.75. The smallest absolute Gasteiger partial charge is 0.223 e. The number of ether oxygens (including phenoxy) is 1. The Balaban J connectivity index is 1.57. The van der Waals surface area contributed by atoms with Gasteiger partial charge >= 0.3 is 0 Å². The zero-order valence-electron chi connectivity index (χ0n) is 17.6. The molecule has 0 spiro atoms. The maximum absolute atomic E-state index is 6.61. The van der Waals surface area contributed by atoms with Crippen LogP contribution in [0.5, 0.6) is 5.75 Å². The van der Waals surface area contributed by atoms with E-state index in [1.54, 1.807) is 18.9 Å². The van der Waals surface area contributed by atoms with E-state index < -0.39 is 0 Å². The van der Waals surface area contributed by atoms with Gasteiger partial charge in [-0.3, -0.25) is 4.98 Å². The van der Waals surface area contributed by atoms with Gasteiger partial charge in [0.15, 0.2) is 5.65 Å². The molecule has 30 heavy (non-hydrogen) atoms. The number of rotatable bonds is 5. The lowest BCUT2D eigenvalue weighted by molar-refractivity contribution is 0.406. The first-order chi connectivity index (χ1) is 14.4. The van der Waals surface area contributed by atoms with Crippen LogP contribution in [0.15, 0.2) is 11.2 Å². The molecule has 2 aliphatic rings. The molecule has 0 saturated heterocycles. The first-order valence-corrected chi connectivity index (χ1v) is 11.3. The van der Waals surface area contributed by atoms with Crippen molar-refractivity contribution in [2.24, 2.45) is 11.7 Å². The highest BCUT2D eigenvalue weighted by atomic mass is 32.2. The second kappa shape index (κ2) is 7.39. The largest absolute Gasteiger partial charge is 0.496 e. The van der Waals surface area contributed by atoms with Gasteiger partial charge in [-0.15, -0.1) is 11.8 Å². The molecule has 158 valence electrons. The van der Waals surface area contributed by atoms with E-state index >= 15 is 0 Å². The van der Waals surface area contributed by atoms with Crippen molar-refractivity contribution < 1.29 is 4.74 Å². The molecule has 1 saturated carbocycles. The molecule has 2 atom stereocenters. The Kier molecular flexibility index (Phi) is 4.82. The highest BCUT2D eigenvalue weighted by Crippen LogP contribution is 2.43. The third-order valence-electron chi connectivity index (χ3n) is 6.13. The summed E-state index contributed by atoms with van der Waals surface area (Å²) in [6.45, 7) is 4.50. The number of hydrogen-bond acceptors (Lipinski definition) is 8. The lowest BCUT2D eigenvalue weighted by Gasteiger charge is -2.20. The van der Waals surface area contributed by atoms with E-state index in [1.807, 2.05) is 24.7 Å². The molecule has 0 bridgehead atoms. The van der Waals surface area contributed by atoms with Gasteiger partial charge in [0.25, 0.3) is 0 Å². The number of thioether (sulfide) groups is 1. The molecule has 4 N–H and O–H groups in total. The fourth-order valence-electron chi connectivity index (χ4n) is 4.33. The molecule has 5 rings (SSSR count). The van der Waals surface area contributed by atoms with Gasteiger partial charge in [0.05, 0.1) is 30.4 Å². The summed E-state index contributed by atoms with van der Waals surface area (Å²) in [7, 11) is 1.68. The number of hydrogen-bond donors (Lipinski definition) is 2. The Morgan fingerprint density at radius 3 is 2.80 bits per heavy atom. The molecule has 8 nitrogen and oxygen atoms in total. The summed E-state index contributed by atoms with van der Waals surface area (Å²) in [4.78, 5) is 13.7. The van der Waals surface area contributed by atoms with Crippen molar-refractivity contribution in [1.82, 2.24) is 24.7 Å². The highest BCUT2D eigenvalue weighted by Gasteiger charge is 2.34. The van der Waals surface area contributed by atoms with Crippen LogP contribution in [-0.4, -0.2) is 43.1 Å². The van der Waals surface area contributed by atoms with Crippen molar-refractivity contribution in [2.75, 3.05) is 12.8 Å². The number of pyridine rings is 1. The Bertz CT molecular complexity index is 1120. The number of nitrogens with zero attached hydrogens (tertiary/aromatic N) is 5. The van der Waals surface area contributed by atoms with Crippen LogP contribution < -0.4 is 16.2 Å². The number of anilines is 1. The van der Waals surface area contributed by atoms with Crippen LogP contribution in [0.4, 0.5) is 5.95 Å². The average molecular weight is 426 g/mol. The predicted octanol–water partition coefficient (Wildman–Crippen LogP) is 2.62. The first kappa shape index (κ1) is 19.6. The Morgan fingerprint density at radius 1 is 1.27 bits per heavy atom. The van der Waals surface area contributed by atoms with Gasteiger partial charge in [-0.25, -0.2) is 9.67 Å². The normalized spacial score (nSPS) is 21.1. The molecule has 2 unspecified atom stereocenters. The molecule has 0 aromatic carbocycles. The fourth-order valence-corrected chi connectivity index (χ4v) is 5.73. The second-order valence-electron chi connectivity index (χ2n) is 8.44. The van der Waals surface area contributed by atoms with Crippen molar-refractivity contribution in [3.8, 4) is 5.75 Å². The van der Waals surface area contributed by atoms with Gasteiger partial charge in [-0.1, -0.05) is 12.8 Å². The predicted molar refractivity (Wildman–Crippen MR) is 118 cm³/mol. The van der Waals surface area contributed by atoms with Gasteiger partial charge in [0.2, 0.25) is 5.95 Å². The van der Waals surface area contributed by atoms with E-state index in [4.69, 9.17) is 21.3 Å². The molecule has 3 aromatic rings. The number of aromatic nitrogens is 5. The van der Waals surface area contributed by atoms with Crippen LogP contribution in [0.1, 0.15) is 41.8 Å². The van der Waals surface area contributed by atoms with E-state index in [9.17, 15) is 0 Å². The van der Waals surface area contributed by atoms with Crippen molar-refractivity contribution in [2.45, 2.75) is 62.4 Å². The molecule has 1 aliphatic heterocycles. The van der Waals surface area contributed by atoms with Crippen molar-refractivity contribution in [3.05, 3.63) is 28.7 Å². The van der Waals surface area contributed by atoms with E-state index in [0.29, 0.717) is 11.8 Å². The minimum absolute atomic E-state index is 0.0388. The van der Waals surface area contributed by atoms with Crippen molar-refractivity contribution in [3.63, 3.8) is 0 Å². The van der Waals surface area contributed by atoms with Gasteiger partial charge in [0.1, 0.15) is 10.8 Å². The third-order valence-corrected chi connectivity index (χ3v) is 7.49. The van der Waals surface area contributed by atoms with Crippen molar-refractivity contribution in [1.29, 1.82) is 0 Å². The average Bonchev–Trinajstić information content (AvgIpc) is 3.47. The standard InChI is InChI=1S/C21H27N7OS/c1-10-8-24-15(11(2)18(10)29-3)9-28-19-17-14(27-28)7-13(22)16(6-12-4-5-12)30-20(17)26-21(23)25-19/h8,12-13,16H,4-7,9,22H2,1-3H3,(H2,23,25,26). The molecular formula is C21H27N7OS. The topological polar surface area (TPSA) is 118 Å². The zero-order valence-corrected chi connectivity index (χ0v) is 18.4. The van der Waals surface area contributed by atoms with Gasteiger partial charge in [-0.2, -0.15) is 10.1 Å². The summed E-state index contributed by atoms with van der Waals surface area (Å²) in [6.07, 6.45) is 6.31. The molecule has 0 amide bonds. The van der Waals surface area contributed by atoms with Gasteiger partial charge < -0.3 is 16.2 Å². The lowest BCUT2D eigenvalue weighted by Crippen LogP contribution is -2.34. The van der Waals surface area contributed by atoms with Crippen LogP contribution in [0.25, 0.3) is 11.0 Å². The van der Waals surface area contributed by atoms with Crippen LogP contribution >= 0.6 is 11.8 Å². The SMILES string of the molecule is COc1c(C)cnc(Cn2nc3c4c(nc(N)nc42)SC(CC2CC2)C(N)C3)c1C. The zero-order chi connectivity index (χ0) is 21.0. The molecule has 1 fully saturated rings.